The van der Waals surface area contributed by atoms with Crippen LogP contribution in [-0.4, -0.2) is 73.6 Å². The molecule has 0 N–H and O–H groups in total. The van der Waals surface area contributed by atoms with Gasteiger partial charge in [-0.15, -0.1) is 0 Å². The molecule has 4 aliphatic rings. The van der Waals surface area contributed by atoms with Crippen molar-refractivity contribution >= 4 is 116 Å². The number of benzene rings is 12. The number of esters is 5. The lowest BCUT2D eigenvalue weighted by Crippen LogP contribution is -2.54. The first kappa shape index (κ1) is 62.7. The summed E-state index contributed by atoms with van der Waals surface area (Å²) in [6, 6.07) is 75.1. The summed E-state index contributed by atoms with van der Waals surface area (Å²) in [5.41, 5.74) is 2.57. The molecule has 12 aromatic carbocycles. The van der Waals surface area contributed by atoms with Gasteiger partial charge in [0, 0.05) is 0 Å². The summed E-state index contributed by atoms with van der Waals surface area (Å²) in [7, 11) is 0. The maximum Gasteiger partial charge on any atom is 0.341 e. The minimum atomic E-state index is -0.852. The van der Waals surface area contributed by atoms with Gasteiger partial charge in [0.25, 0.3) is 0 Å². The number of carbonyl (C=O) groups excluding carboxylic acids is 5. The van der Waals surface area contributed by atoms with E-state index in [9.17, 15) is 24.0 Å². The highest BCUT2D eigenvalue weighted by Gasteiger charge is 2.46. The molecule has 4 atom stereocenters. The normalized spacial score (nSPS) is 19.4. The number of hydrogen-bond donors (Lipinski definition) is 0. The molecule has 0 aliphatic carbocycles. The Hall–Kier alpha value is -10.1. The Balaban J connectivity index is 0.000000114. The summed E-state index contributed by atoms with van der Waals surface area (Å²) in [6.07, 6.45) is 4.25. The van der Waals surface area contributed by atoms with E-state index in [2.05, 4.69) is 140 Å². The maximum atomic E-state index is 12.4. The first-order chi connectivity index (χ1) is 45.8. The van der Waals surface area contributed by atoms with Crippen LogP contribution in [0.5, 0.6) is 0 Å². The van der Waals surface area contributed by atoms with E-state index >= 15 is 0 Å². The lowest BCUT2D eigenvalue weighted by Gasteiger charge is -2.35. The molecule has 0 radical (unpaired) electrons. The Morgan fingerprint density at radius 1 is 0.394 bits per heavy atom. The summed E-state index contributed by atoms with van der Waals surface area (Å²) in [4.78, 5) is 59.1. The highest BCUT2D eigenvalue weighted by Crippen LogP contribution is 2.34. The van der Waals surface area contributed by atoms with Crippen LogP contribution in [0.1, 0.15) is 74.6 Å². The second-order valence-electron chi connectivity index (χ2n) is 24.8. The Kier molecular flexibility index (Phi) is 18.7. The summed E-state index contributed by atoms with van der Waals surface area (Å²) < 4.78 is 42.9. The summed E-state index contributed by atoms with van der Waals surface area (Å²) in [5.74, 6) is -2.53. The van der Waals surface area contributed by atoms with Crippen LogP contribution in [-0.2, 0) is 88.3 Å². The second kappa shape index (κ2) is 28.0. The molecule has 0 aromatic heterocycles. The van der Waals surface area contributed by atoms with Gasteiger partial charge in [-0.1, -0.05) is 170 Å². The van der Waals surface area contributed by atoms with E-state index in [-0.39, 0.29) is 24.5 Å². The largest absolute Gasteiger partial charge is 0.465 e. The van der Waals surface area contributed by atoms with Crippen molar-refractivity contribution < 1.29 is 61.9 Å². The van der Waals surface area contributed by atoms with Crippen molar-refractivity contribution in [3.8, 4) is 0 Å². The molecule has 0 bridgehead atoms. The zero-order valence-corrected chi connectivity index (χ0v) is 52.6. The maximum absolute atomic E-state index is 12.4. The fraction of sp³-hybridized carbons (Fsp3) is 0.247. The van der Waals surface area contributed by atoms with E-state index in [0.717, 1.165) is 69.5 Å². The van der Waals surface area contributed by atoms with Crippen molar-refractivity contribution in [2.75, 3.05) is 26.4 Å². The van der Waals surface area contributed by atoms with Crippen molar-refractivity contribution in [1.82, 2.24) is 0 Å². The predicted octanol–water partition coefficient (Wildman–Crippen LogP) is 16.6. The number of hydrogen-bond acceptors (Lipinski definition) is 13. The molecule has 94 heavy (non-hydrogen) atoms. The summed E-state index contributed by atoms with van der Waals surface area (Å²) in [6.45, 7) is 6.60. The van der Waals surface area contributed by atoms with E-state index in [1.165, 1.54) is 64.6 Å². The molecule has 0 saturated carbocycles. The SMILES string of the molecule is CC1(OCc2cccc3cc4ccccc4cc23)CCCCOC1=O.CC1(OCc2cccc3cc4ccccc4cc23)COC1=O.O=C1OCC1OCc1cccc2cc3ccccc3cc12.O=C1OCCCCC1C(=O)OCc1cccc2cc3ccccc3cc12. The Morgan fingerprint density at radius 2 is 0.777 bits per heavy atom. The molecule has 0 spiro atoms. The van der Waals surface area contributed by atoms with E-state index in [1.54, 1.807) is 6.92 Å². The number of carbonyl (C=O) groups is 5. The van der Waals surface area contributed by atoms with Crippen LogP contribution >= 0.6 is 0 Å². The molecule has 0 amide bonds. The van der Waals surface area contributed by atoms with Crippen LogP contribution < -0.4 is 0 Å². The molecule has 4 unspecified atom stereocenters. The zero-order chi connectivity index (χ0) is 64.6. The minimum absolute atomic E-state index is 0.151. The van der Waals surface area contributed by atoms with Crippen LogP contribution in [0.2, 0.25) is 0 Å². The molecular weight excluding hydrogens is 1180 g/mol. The van der Waals surface area contributed by atoms with Crippen molar-refractivity contribution in [3.05, 3.63) is 241 Å². The lowest BCUT2D eigenvalue weighted by atomic mass is 9.98. The van der Waals surface area contributed by atoms with Gasteiger partial charge in [-0.05, 0) is 209 Å². The molecule has 16 rings (SSSR count). The van der Waals surface area contributed by atoms with Gasteiger partial charge in [0.2, 0.25) is 0 Å². The summed E-state index contributed by atoms with van der Waals surface area (Å²) >= 11 is 0. The van der Waals surface area contributed by atoms with Crippen LogP contribution in [0.15, 0.2) is 218 Å². The van der Waals surface area contributed by atoms with Gasteiger partial charge in [-0.3, -0.25) is 9.59 Å². The standard InChI is InChI=1S/C22H20O4.C22H22O3.C19H16O3.C18H14O3/c23-21-19(10-3-4-11-25-21)22(24)26-14-18-9-5-8-17-12-15-6-1-2-7-16(15)13-20(17)18;1-22(11-4-5-12-24-21(22)23)25-15-19-10-6-9-18-13-16-7-2-3-8-17(16)14-20(18)19;1-19(12-21-18(19)20)22-11-16-8-4-7-15-9-13-5-2-3-6-14(13)10-17(15)16;19-18-17(11-21-18)20-10-15-7-3-6-14-8-12-4-1-2-5-13(12)9-16(14)15/h1-2,5-9,12-13,19H,3-4,10-11,14H2;2-3,6-10,13-14H,4-5,11-12,15H2,1H3;2-10H,11-12H2,1H3;1-9,17H,10-11H2. The van der Waals surface area contributed by atoms with Crippen molar-refractivity contribution in [2.45, 2.75) is 96.1 Å². The molecular formula is C81H72O13. The third-order valence-electron chi connectivity index (χ3n) is 18.2. The Labute approximate surface area is 544 Å². The zero-order valence-electron chi connectivity index (χ0n) is 52.6. The van der Waals surface area contributed by atoms with Crippen LogP contribution in [0.25, 0.3) is 86.2 Å². The van der Waals surface area contributed by atoms with Gasteiger partial charge >= 0.3 is 29.8 Å². The van der Waals surface area contributed by atoms with Crippen LogP contribution in [0.3, 0.4) is 0 Å². The molecule has 4 heterocycles. The Morgan fingerprint density at radius 3 is 1.18 bits per heavy atom. The number of fused-ring (bicyclic) bond motifs is 8. The van der Waals surface area contributed by atoms with Gasteiger partial charge in [-0.2, -0.15) is 0 Å². The highest BCUT2D eigenvalue weighted by molar-refractivity contribution is 6.03. The first-order valence-electron chi connectivity index (χ1n) is 32.2. The average molecular weight is 1250 g/mol. The fourth-order valence-electron chi connectivity index (χ4n) is 12.5. The molecule has 13 nitrogen and oxygen atoms in total. The fourth-order valence-corrected chi connectivity index (χ4v) is 12.5. The van der Waals surface area contributed by atoms with Gasteiger partial charge < -0.3 is 37.9 Å². The van der Waals surface area contributed by atoms with Crippen molar-refractivity contribution in [2.24, 2.45) is 5.92 Å². The number of rotatable bonds is 12. The third kappa shape index (κ3) is 14.0. The van der Waals surface area contributed by atoms with Crippen molar-refractivity contribution in [1.29, 1.82) is 0 Å². The third-order valence-corrected chi connectivity index (χ3v) is 18.2. The van der Waals surface area contributed by atoms with E-state index < -0.39 is 35.2 Å². The van der Waals surface area contributed by atoms with Crippen LogP contribution in [0.4, 0.5) is 0 Å². The van der Waals surface area contributed by atoms with Crippen LogP contribution in [0, 0.1) is 5.92 Å². The van der Waals surface area contributed by atoms with Gasteiger partial charge in [0.15, 0.2) is 23.2 Å². The van der Waals surface area contributed by atoms with E-state index in [0.29, 0.717) is 59.1 Å². The van der Waals surface area contributed by atoms with E-state index in [4.69, 9.17) is 37.9 Å². The van der Waals surface area contributed by atoms with E-state index in [1.807, 2.05) is 85.8 Å². The quantitative estimate of drug-likeness (QED) is 0.0493. The molecule has 474 valence electrons. The van der Waals surface area contributed by atoms with Gasteiger partial charge in [0.05, 0.1) is 33.0 Å². The lowest BCUT2D eigenvalue weighted by molar-refractivity contribution is -0.213. The van der Waals surface area contributed by atoms with Crippen molar-refractivity contribution in [3.63, 3.8) is 0 Å². The molecule has 4 fully saturated rings. The first-order valence-corrected chi connectivity index (χ1v) is 32.2. The molecule has 4 saturated heterocycles. The highest BCUT2D eigenvalue weighted by atomic mass is 16.6. The molecule has 4 aliphatic heterocycles. The minimum Gasteiger partial charge on any atom is -0.465 e. The van der Waals surface area contributed by atoms with Gasteiger partial charge in [0.1, 0.15) is 19.8 Å². The average Bonchev–Trinajstić information content (AvgIpc) is 0.953. The monoisotopic (exact) mass is 1250 g/mol. The second-order valence-corrected chi connectivity index (χ2v) is 24.8. The smallest absolute Gasteiger partial charge is 0.341 e. The number of cyclic esters (lactones) is 4. The Bertz CT molecular complexity index is 4840. The summed E-state index contributed by atoms with van der Waals surface area (Å²) in [5, 5.41) is 18.9. The molecule has 13 heteroatoms. The van der Waals surface area contributed by atoms with Gasteiger partial charge in [-0.25, -0.2) is 14.4 Å². The molecule has 12 aromatic rings. The number of ether oxygens (including phenoxy) is 8. The predicted molar refractivity (Wildman–Crippen MR) is 366 cm³/mol. The topological polar surface area (TPSA) is 159 Å².